The fraction of sp³-hybridized carbons (Fsp3) is 0.824. The first kappa shape index (κ1) is 17.9. The minimum atomic E-state index is -3.42. The Bertz CT molecular complexity index is 706. The number of piperidine rings is 1. The van der Waals surface area contributed by atoms with Crippen molar-refractivity contribution in [1.82, 2.24) is 13.6 Å². The van der Waals surface area contributed by atoms with E-state index in [1.165, 1.54) is 0 Å². The number of fused-ring (bicyclic) bond motifs is 1. The molecule has 0 aliphatic carbocycles. The van der Waals surface area contributed by atoms with Gasteiger partial charge in [0.05, 0.1) is 12.2 Å². The van der Waals surface area contributed by atoms with Crippen LogP contribution >= 0.6 is 0 Å². The molecule has 1 aromatic heterocycles. The Labute approximate surface area is 145 Å². The van der Waals surface area contributed by atoms with Crippen LogP contribution in [0.3, 0.4) is 0 Å². The van der Waals surface area contributed by atoms with Crippen LogP contribution in [-0.2, 0) is 28.6 Å². The Hall–Kier alpha value is -0.920. The Kier molecular flexibility index (Phi) is 4.33. The molecule has 0 saturated carbocycles. The molecule has 2 aliphatic rings. The van der Waals surface area contributed by atoms with Crippen molar-refractivity contribution in [2.75, 3.05) is 19.6 Å². The van der Waals surface area contributed by atoms with Crippen LogP contribution in [0.5, 0.6) is 0 Å². The first-order valence-corrected chi connectivity index (χ1v) is 10.1. The highest BCUT2D eigenvalue weighted by Gasteiger charge is 2.38. The zero-order valence-electron chi connectivity index (χ0n) is 15.4. The van der Waals surface area contributed by atoms with Crippen LogP contribution in [0.1, 0.15) is 64.8 Å². The first-order chi connectivity index (χ1) is 11.0. The van der Waals surface area contributed by atoms with Gasteiger partial charge in [-0.15, -0.1) is 0 Å². The molecule has 3 heterocycles. The van der Waals surface area contributed by atoms with Crippen LogP contribution in [0, 0.1) is 5.41 Å². The van der Waals surface area contributed by atoms with Gasteiger partial charge >= 0.3 is 0 Å². The van der Waals surface area contributed by atoms with Crippen LogP contribution in [0.15, 0.2) is 4.42 Å². The summed E-state index contributed by atoms with van der Waals surface area (Å²) in [5.74, 6) is 1.53. The lowest BCUT2D eigenvalue weighted by Gasteiger charge is -2.38. The third kappa shape index (κ3) is 3.39. The molecule has 6 nitrogen and oxygen atoms in total. The van der Waals surface area contributed by atoms with E-state index in [4.69, 9.17) is 4.42 Å². The molecular formula is C17H29N3O3S. The fourth-order valence-corrected chi connectivity index (χ4v) is 4.76. The summed E-state index contributed by atoms with van der Waals surface area (Å²) in [6.45, 7) is 12.5. The molecule has 7 heteroatoms. The van der Waals surface area contributed by atoms with Crippen LogP contribution in [0.2, 0.25) is 0 Å². The summed E-state index contributed by atoms with van der Waals surface area (Å²) >= 11 is 0. The molecule has 0 aromatic carbocycles. The van der Waals surface area contributed by atoms with Gasteiger partial charge in [-0.05, 0) is 18.3 Å². The van der Waals surface area contributed by atoms with Gasteiger partial charge in [-0.2, -0.15) is 17.0 Å². The standard InChI is InChI=1S/C17H29N3O3S/c1-16(2,3)15-18-13-12-20(9-6-14(13)23-15)24(21,22)19-10-7-17(4,5)8-11-19/h6-12H2,1-5H3. The van der Waals surface area contributed by atoms with Gasteiger partial charge in [-0.3, -0.25) is 0 Å². The number of aromatic nitrogens is 1. The third-order valence-corrected chi connectivity index (χ3v) is 7.04. The van der Waals surface area contributed by atoms with Gasteiger partial charge in [0, 0.05) is 31.5 Å². The minimum Gasteiger partial charge on any atom is -0.445 e. The molecule has 0 amide bonds. The molecule has 0 atom stereocenters. The van der Waals surface area contributed by atoms with Crippen molar-refractivity contribution >= 4 is 10.2 Å². The lowest BCUT2D eigenvalue weighted by atomic mass is 9.83. The second-order valence-corrected chi connectivity index (χ2v) is 10.7. The number of rotatable bonds is 2. The van der Waals surface area contributed by atoms with E-state index < -0.39 is 10.2 Å². The van der Waals surface area contributed by atoms with E-state index in [0.29, 0.717) is 38.5 Å². The van der Waals surface area contributed by atoms with Crippen LogP contribution in [0.4, 0.5) is 0 Å². The van der Waals surface area contributed by atoms with Gasteiger partial charge in [0.1, 0.15) is 5.76 Å². The van der Waals surface area contributed by atoms with Gasteiger partial charge in [0.25, 0.3) is 10.2 Å². The monoisotopic (exact) mass is 355 g/mol. The highest BCUT2D eigenvalue weighted by atomic mass is 32.2. The highest BCUT2D eigenvalue weighted by molar-refractivity contribution is 7.86. The van der Waals surface area contributed by atoms with E-state index in [1.54, 1.807) is 8.61 Å². The largest absolute Gasteiger partial charge is 0.445 e. The van der Waals surface area contributed by atoms with Crippen LogP contribution < -0.4 is 0 Å². The Morgan fingerprint density at radius 3 is 2.29 bits per heavy atom. The second kappa shape index (κ2) is 5.81. The van der Waals surface area contributed by atoms with E-state index in [-0.39, 0.29) is 10.8 Å². The smallest absolute Gasteiger partial charge is 0.282 e. The summed E-state index contributed by atoms with van der Waals surface area (Å²) in [6, 6.07) is 0. The van der Waals surface area contributed by atoms with Crippen molar-refractivity contribution in [1.29, 1.82) is 0 Å². The Balaban J connectivity index is 1.76. The molecule has 1 aromatic rings. The zero-order valence-corrected chi connectivity index (χ0v) is 16.2. The number of oxazole rings is 1. The van der Waals surface area contributed by atoms with Gasteiger partial charge < -0.3 is 4.42 Å². The molecular weight excluding hydrogens is 326 g/mol. The van der Waals surface area contributed by atoms with Gasteiger partial charge in [-0.1, -0.05) is 34.6 Å². The summed E-state index contributed by atoms with van der Waals surface area (Å²) in [6.07, 6.45) is 2.41. The van der Waals surface area contributed by atoms with Crippen LogP contribution in [-0.4, -0.2) is 41.6 Å². The molecule has 2 aliphatic heterocycles. The van der Waals surface area contributed by atoms with Crippen molar-refractivity contribution in [2.24, 2.45) is 5.41 Å². The average Bonchev–Trinajstić information content (AvgIpc) is 2.90. The fourth-order valence-electron chi connectivity index (χ4n) is 3.18. The van der Waals surface area contributed by atoms with E-state index in [0.717, 1.165) is 24.3 Å². The lowest BCUT2D eigenvalue weighted by molar-refractivity contribution is 0.185. The summed E-state index contributed by atoms with van der Waals surface area (Å²) in [5, 5.41) is 0. The SMILES string of the molecule is CC1(C)CCN(S(=O)(=O)N2CCc3oc(C(C)(C)C)nc3C2)CC1. The lowest BCUT2D eigenvalue weighted by Crippen LogP contribution is -2.49. The maximum atomic E-state index is 13.0. The molecule has 0 unspecified atom stereocenters. The molecule has 136 valence electrons. The zero-order chi connectivity index (χ0) is 17.8. The van der Waals surface area contributed by atoms with E-state index in [1.807, 2.05) is 20.8 Å². The van der Waals surface area contributed by atoms with Gasteiger partial charge in [-0.25, -0.2) is 4.98 Å². The molecule has 3 rings (SSSR count). The molecule has 0 bridgehead atoms. The molecule has 0 spiro atoms. The summed E-state index contributed by atoms with van der Waals surface area (Å²) in [4.78, 5) is 4.56. The van der Waals surface area contributed by atoms with Gasteiger partial charge in [0.15, 0.2) is 5.89 Å². The molecule has 1 fully saturated rings. The normalized spacial score (nSPS) is 23.2. The predicted molar refractivity (Wildman–Crippen MR) is 92.8 cm³/mol. The molecule has 0 N–H and O–H groups in total. The maximum Gasteiger partial charge on any atom is 0.282 e. The number of nitrogens with zero attached hydrogens (tertiary/aromatic N) is 3. The minimum absolute atomic E-state index is 0.167. The predicted octanol–water partition coefficient (Wildman–Crippen LogP) is 2.70. The van der Waals surface area contributed by atoms with Crippen molar-refractivity contribution in [3.05, 3.63) is 17.3 Å². The molecule has 1 saturated heterocycles. The van der Waals surface area contributed by atoms with Crippen molar-refractivity contribution in [3.8, 4) is 0 Å². The summed E-state index contributed by atoms with van der Waals surface area (Å²) in [5.41, 5.74) is 0.834. The summed E-state index contributed by atoms with van der Waals surface area (Å²) < 4.78 is 35.0. The van der Waals surface area contributed by atoms with E-state index >= 15 is 0 Å². The average molecular weight is 356 g/mol. The topological polar surface area (TPSA) is 66.7 Å². The first-order valence-electron chi connectivity index (χ1n) is 8.73. The molecule has 0 radical (unpaired) electrons. The quantitative estimate of drug-likeness (QED) is 0.818. The van der Waals surface area contributed by atoms with Crippen molar-refractivity contribution in [3.63, 3.8) is 0 Å². The maximum absolute atomic E-state index is 13.0. The van der Waals surface area contributed by atoms with E-state index in [2.05, 4.69) is 18.8 Å². The molecule has 24 heavy (non-hydrogen) atoms. The third-order valence-electron chi connectivity index (χ3n) is 5.06. The number of hydrogen-bond donors (Lipinski definition) is 0. The second-order valence-electron chi connectivity index (χ2n) is 8.79. The van der Waals surface area contributed by atoms with Gasteiger partial charge in [0.2, 0.25) is 0 Å². The van der Waals surface area contributed by atoms with E-state index in [9.17, 15) is 8.42 Å². The summed E-state index contributed by atoms with van der Waals surface area (Å²) in [7, 11) is -3.42. The Morgan fingerprint density at radius 2 is 1.71 bits per heavy atom. The van der Waals surface area contributed by atoms with Crippen molar-refractivity contribution in [2.45, 2.75) is 65.8 Å². The Morgan fingerprint density at radius 1 is 1.08 bits per heavy atom. The van der Waals surface area contributed by atoms with Crippen LogP contribution in [0.25, 0.3) is 0 Å². The van der Waals surface area contributed by atoms with Crippen molar-refractivity contribution < 1.29 is 12.8 Å². The highest BCUT2D eigenvalue weighted by Crippen LogP contribution is 2.33. The number of hydrogen-bond acceptors (Lipinski definition) is 4.